The number of aromatic nitrogens is 1. The Morgan fingerprint density at radius 1 is 1.25 bits per heavy atom. The summed E-state index contributed by atoms with van der Waals surface area (Å²) in [6.07, 6.45) is -4.59. The number of halogens is 3. The van der Waals surface area contributed by atoms with Crippen molar-refractivity contribution in [2.45, 2.75) is 12.8 Å². The summed E-state index contributed by atoms with van der Waals surface area (Å²) in [5.41, 5.74) is -1.27. The second-order valence-corrected chi connectivity index (χ2v) is 3.73. The quantitative estimate of drug-likeness (QED) is 0.593. The molecule has 0 aliphatic carbocycles. The predicted molar refractivity (Wildman–Crippen MR) is 62.1 cm³/mol. The maximum absolute atomic E-state index is 12.6. The number of carbonyl (C=O) groups is 1. The summed E-state index contributed by atoms with van der Waals surface area (Å²) in [5, 5.41) is 0. The number of rotatable bonds is 6. The fourth-order valence-electron chi connectivity index (χ4n) is 1.38. The third kappa shape index (κ3) is 4.46. The molecule has 0 aliphatic heterocycles. The standard InChI is InChI=1S/C12H14F3NO4/c1-18-5-6-20-7-9-8(11(17)19-2)3-4-10(16-9)12(13,14)15/h3-4H,5-7H2,1-2H3. The number of methoxy groups -OCH3 is 2. The Morgan fingerprint density at radius 3 is 2.50 bits per heavy atom. The molecule has 0 atom stereocenters. The van der Waals surface area contributed by atoms with Gasteiger partial charge < -0.3 is 14.2 Å². The van der Waals surface area contributed by atoms with E-state index < -0.39 is 17.8 Å². The molecule has 8 heteroatoms. The van der Waals surface area contributed by atoms with E-state index >= 15 is 0 Å². The number of nitrogens with zero attached hydrogens (tertiary/aromatic N) is 1. The topological polar surface area (TPSA) is 57.7 Å². The fourth-order valence-corrected chi connectivity index (χ4v) is 1.38. The minimum Gasteiger partial charge on any atom is -0.465 e. The molecule has 0 fully saturated rings. The molecule has 1 aromatic rings. The van der Waals surface area contributed by atoms with Crippen LogP contribution in [-0.2, 0) is 27.0 Å². The number of carbonyl (C=O) groups excluding carboxylic acids is 1. The van der Waals surface area contributed by atoms with Crippen LogP contribution in [0.5, 0.6) is 0 Å². The zero-order valence-corrected chi connectivity index (χ0v) is 11.0. The van der Waals surface area contributed by atoms with E-state index in [1.165, 1.54) is 7.11 Å². The molecule has 0 saturated carbocycles. The third-order valence-electron chi connectivity index (χ3n) is 2.34. The summed E-state index contributed by atoms with van der Waals surface area (Å²) in [7, 11) is 2.60. The number of ether oxygens (including phenoxy) is 3. The van der Waals surface area contributed by atoms with E-state index in [1.807, 2.05) is 0 Å². The molecule has 112 valence electrons. The van der Waals surface area contributed by atoms with Crippen molar-refractivity contribution in [1.82, 2.24) is 4.98 Å². The van der Waals surface area contributed by atoms with Gasteiger partial charge in [-0.05, 0) is 12.1 Å². The average Bonchev–Trinajstić information content (AvgIpc) is 2.41. The number of alkyl halides is 3. The van der Waals surface area contributed by atoms with Crippen LogP contribution < -0.4 is 0 Å². The highest BCUT2D eigenvalue weighted by Crippen LogP contribution is 2.28. The first-order valence-corrected chi connectivity index (χ1v) is 5.62. The van der Waals surface area contributed by atoms with Gasteiger partial charge in [-0.15, -0.1) is 0 Å². The van der Waals surface area contributed by atoms with Crippen LogP contribution in [0, 0.1) is 0 Å². The van der Waals surface area contributed by atoms with E-state index in [1.54, 1.807) is 0 Å². The molecule has 0 amide bonds. The zero-order valence-electron chi connectivity index (χ0n) is 11.0. The predicted octanol–water partition coefficient (Wildman–Crippen LogP) is 2.05. The van der Waals surface area contributed by atoms with Gasteiger partial charge in [0.1, 0.15) is 5.69 Å². The molecule has 0 N–H and O–H groups in total. The Labute approximate surface area is 113 Å². The van der Waals surface area contributed by atoms with Crippen molar-refractivity contribution in [3.8, 4) is 0 Å². The molecule has 0 spiro atoms. The van der Waals surface area contributed by atoms with Crippen LogP contribution in [0.4, 0.5) is 13.2 Å². The van der Waals surface area contributed by atoms with Crippen LogP contribution in [0.15, 0.2) is 12.1 Å². The van der Waals surface area contributed by atoms with E-state index in [-0.39, 0.29) is 31.1 Å². The fraction of sp³-hybridized carbons (Fsp3) is 0.500. The average molecular weight is 293 g/mol. The summed E-state index contributed by atoms with van der Waals surface area (Å²) < 4.78 is 52.1. The van der Waals surface area contributed by atoms with Crippen molar-refractivity contribution in [2.75, 3.05) is 27.4 Å². The van der Waals surface area contributed by atoms with E-state index in [0.29, 0.717) is 0 Å². The monoisotopic (exact) mass is 293 g/mol. The van der Waals surface area contributed by atoms with E-state index in [9.17, 15) is 18.0 Å². The first-order valence-electron chi connectivity index (χ1n) is 5.62. The minimum absolute atomic E-state index is 0.0575. The van der Waals surface area contributed by atoms with Crippen molar-refractivity contribution in [2.24, 2.45) is 0 Å². The van der Waals surface area contributed by atoms with Crippen LogP contribution in [0.2, 0.25) is 0 Å². The van der Waals surface area contributed by atoms with Gasteiger partial charge in [-0.2, -0.15) is 13.2 Å². The Morgan fingerprint density at radius 2 is 1.95 bits per heavy atom. The van der Waals surface area contributed by atoms with Gasteiger partial charge in [0.2, 0.25) is 0 Å². The van der Waals surface area contributed by atoms with E-state index in [2.05, 4.69) is 9.72 Å². The Balaban J connectivity index is 2.97. The molecular weight excluding hydrogens is 279 g/mol. The Kier molecular flexibility index (Phi) is 5.90. The normalized spacial score (nSPS) is 11.4. The summed E-state index contributed by atoms with van der Waals surface area (Å²) in [6, 6.07) is 1.75. The van der Waals surface area contributed by atoms with Crippen LogP contribution in [-0.4, -0.2) is 38.4 Å². The Bertz CT molecular complexity index is 463. The lowest BCUT2D eigenvalue weighted by Crippen LogP contribution is -2.15. The molecule has 1 rings (SSSR count). The molecule has 0 saturated heterocycles. The van der Waals surface area contributed by atoms with Crippen molar-refractivity contribution in [3.05, 3.63) is 29.1 Å². The number of hydrogen-bond donors (Lipinski definition) is 0. The molecule has 1 heterocycles. The van der Waals surface area contributed by atoms with Crippen LogP contribution in [0.3, 0.4) is 0 Å². The molecule has 0 aromatic carbocycles. The third-order valence-corrected chi connectivity index (χ3v) is 2.34. The summed E-state index contributed by atoms with van der Waals surface area (Å²) in [5.74, 6) is -0.767. The SMILES string of the molecule is COCCOCc1nc(C(F)(F)F)ccc1C(=O)OC. The van der Waals surface area contributed by atoms with Gasteiger partial charge in [-0.3, -0.25) is 0 Å². The van der Waals surface area contributed by atoms with E-state index in [0.717, 1.165) is 19.2 Å². The van der Waals surface area contributed by atoms with Crippen LogP contribution in [0.1, 0.15) is 21.7 Å². The highest BCUT2D eigenvalue weighted by molar-refractivity contribution is 5.90. The number of pyridine rings is 1. The number of hydrogen-bond acceptors (Lipinski definition) is 5. The number of esters is 1. The van der Waals surface area contributed by atoms with Crippen molar-refractivity contribution >= 4 is 5.97 Å². The molecule has 5 nitrogen and oxygen atoms in total. The van der Waals surface area contributed by atoms with Gasteiger partial charge in [-0.25, -0.2) is 9.78 Å². The molecule has 20 heavy (non-hydrogen) atoms. The maximum atomic E-state index is 12.6. The van der Waals surface area contributed by atoms with E-state index in [4.69, 9.17) is 9.47 Å². The van der Waals surface area contributed by atoms with Crippen LogP contribution >= 0.6 is 0 Å². The van der Waals surface area contributed by atoms with Gasteiger partial charge >= 0.3 is 12.1 Å². The van der Waals surface area contributed by atoms with Gasteiger partial charge in [0, 0.05) is 7.11 Å². The molecule has 1 aromatic heterocycles. The van der Waals surface area contributed by atoms with Gasteiger partial charge in [0.05, 0.1) is 38.2 Å². The van der Waals surface area contributed by atoms with Crippen LogP contribution in [0.25, 0.3) is 0 Å². The van der Waals surface area contributed by atoms with Crippen molar-refractivity contribution in [1.29, 1.82) is 0 Å². The lowest BCUT2D eigenvalue weighted by molar-refractivity contribution is -0.141. The molecule has 0 radical (unpaired) electrons. The zero-order chi connectivity index (χ0) is 15.2. The lowest BCUT2D eigenvalue weighted by Gasteiger charge is -2.11. The van der Waals surface area contributed by atoms with Gasteiger partial charge in [0.15, 0.2) is 0 Å². The maximum Gasteiger partial charge on any atom is 0.433 e. The Hall–Kier alpha value is -1.67. The molecule has 0 bridgehead atoms. The summed E-state index contributed by atoms with van der Waals surface area (Å²) in [6.45, 7) is 0.221. The smallest absolute Gasteiger partial charge is 0.433 e. The van der Waals surface area contributed by atoms with Crippen molar-refractivity contribution in [3.63, 3.8) is 0 Å². The summed E-state index contributed by atoms with van der Waals surface area (Å²) >= 11 is 0. The molecule has 0 unspecified atom stereocenters. The second kappa shape index (κ2) is 7.20. The highest BCUT2D eigenvalue weighted by Gasteiger charge is 2.33. The lowest BCUT2D eigenvalue weighted by atomic mass is 10.1. The first-order chi connectivity index (χ1) is 9.40. The van der Waals surface area contributed by atoms with Gasteiger partial charge in [0.25, 0.3) is 0 Å². The summed E-state index contributed by atoms with van der Waals surface area (Å²) in [4.78, 5) is 14.9. The largest absolute Gasteiger partial charge is 0.465 e. The highest BCUT2D eigenvalue weighted by atomic mass is 19.4. The second-order valence-electron chi connectivity index (χ2n) is 3.73. The molecule has 0 aliphatic rings. The van der Waals surface area contributed by atoms with Crippen molar-refractivity contribution < 1.29 is 32.2 Å². The molecular formula is C12H14F3NO4. The minimum atomic E-state index is -4.59. The van der Waals surface area contributed by atoms with Gasteiger partial charge in [-0.1, -0.05) is 0 Å². The first kappa shape index (κ1) is 16.4.